The molecule has 1 fully saturated rings. The highest BCUT2D eigenvalue weighted by Crippen LogP contribution is 2.18. The zero-order chi connectivity index (χ0) is 13.7. The van der Waals surface area contributed by atoms with Crippen LogP contribution in [0.4, 0.5) is 8.78 Å². The molecule has 0 unspecified atom stereocenters. The van der Waals surface area contributed by atoms with Gasteiger partial charge in [0.15, 0.2) is 11.6 Å². The molecular formula is C14H19F2NO2. The Kier molecular flexibility index (Phi) is 5.24. The Morgan fingerprint density at radius 1 is 1.26 bits per heavy atom. The minimum absolute atomic E-state index is 0.0364. The van der Waals surface area contributed by atoms with E-state index in [1.165, 1.54) is 6.07 Å². The number of ether oxygens (including phenoxy) is 1. The van der Waals surface area contributed by atoms with Crippen LogP contribution in [-0.4, -0.2) is 42.4 Å². The van der Waals surface area contributed by atoms with Crippen molar-refractivity contribution >= 4 is 0 Å². The SMILES string of the molecule is OCCOC1CCN(Cc2cccc(F)c2F)CC1. The summed E-state index contributed by atoms with van der Waals surface area (Å²) in [6, 6.07) is 4.28. The molecule has 0 atom stereocenters. The van der Waals surface area contributed by atoms with Crippen molar-refractivity contribution in [2.24, 2.45) is 0 Å². The van der Waals surface area contributed by atoms with E-state index in [9.17, 15) is 8.78 Å². The van der Waals surface area contributed by atoms with Crippen molar-refractivity contribution in [3.8, 4) is 0 Å². The first-order chi connectivity index (χ1) is 9.20. The highest BCUT2D eigenvalue weighted by Gasteiger charge is 2.20. The molecule has 1 N–H and O–H groups in total. The molecule has 0 saturated carbocycles. The molecule has 0 bridgehead atoms. The number of hydrogen-bond donors (Lipinski definition) is 1. The van der Waals surface area contributed by atoms with E-state index >= 15 is 0 Å². The fraction of sp³-hybridized carbons (Fsp3) is 0.571. The lowest BCUT2D eigenvalue weighted by atomic mass is 10.1. The highest BCUT2D eigenvalue weighted by atomic mass is 19.2. The molecular weight excluding hydrogens is 252 g/mol. The van der Waals surface area contributed by atoms with E-state index in [0.717, 1.165) is 32.0 Å². The number of halogens is 2. The second-order valence-electron chi connectivity index (χ2n) is 4.78. The maximum atomic E-state index is 13.5. The van der Waals surface area contributed by atoms with Crippen molar-refractivity contribution in [3.05, 3.63) is 35.4 Å². The van der Waals surface area contributed by atoms with Gasteiger partial charge >= 0.3 is 0 Å². The zero-order valence-electron chi connectivity index (χ0n) is 10.8. The van der Waals surface area contributed by atoms with Gasteiger partial charge in [0, 0.05) is 25.2 Å². The molecule has 1 aromatic rings. The molecule has 1 aliphatic heterocycles. The van der Waals surface area contributed by atoms with Crippen LogP contribution in [0.2, 0.25) is 0 Å². The molecule has 0 aromatic heterocycles. The van der Waals surface area contributed by atoms with E-state index in [0.29, 0.717) is 18.7 Å². The molecule has 0 spiro atoms. The van der Waals surface area contributed by atoms with Gasteiger partial charge in [0.25, 0.3) is 0 Å². The van der Waals surface area contributed by atoms with E-state index in [1.54, 1.807) is 6.07 Å². The van der Waals surface area contributed by atoms with Crippen molar-refractivity contribution in [2.75, 3.05) is 26.3 Å². The van der Waals surface area contributed by atoms with Gasteiger partial charge in [-0.05, 0) is 18.9 Å². The summed E-state index contributed by atoms with van der Waals surface area (Å²) < 4.78 is 32.1. The monoisotopic (exact) mass is 271 g/mol. The molecule has 1 aliphatic rings. The zero-order valence-corrected chi connectivity index (χ0v) is 10.8. The van der Waals surface area contributed by atoms with Gasteiger partial charge < -0.3 is 9.84 Å². The van der Waals surface area contributed by atoms with Gasteiger partial charge in [-0.3, -0.25) is 4.90 Å². The summed E-state index contributed by atoms with van der Waals surface area (Å²) in [5, 5.41) is 8.69. The molecule has 0 radical (unpaired) electrons. The number of aliphatic hydroxyl groups excluding tert-OH is 1. The van der Waals surface area contributed by atoms with Crippen LogP contribution in [0, 0.1) is 11.6 Å². The lowest BCUT2D eigenvalue weighted by molar-refractivity contribution is -0.00917. The highest BCUT2D eigenvalue weighted by molar-refractivity contribution is 5.18. The van der Waals surface area contributed by atoms with Crippen LogP contribution in [0.3, 0.4) is 0 Å². The molecule has 0 aliphatic carbocycles. The van der Waals surface area contributed by atoms with Crippen LogP contribution in [0.1, 0.15) is 18.4 Å². The Labute approximate surface area is 111 Å². The third-order valence-corrected chi connectivity index (χ3v) is 3.40. The van der Waals surface area contributed by atoms with E-state index in [-0.39, 0.29) is 12.7 Å². The smallest absolute Gasteiger partial charge is 0.163 e. The minimum atomic E-state index is -0.793. The maximum Gasteiger partial charge on any atom is 0.163 e. The van der Waals surface area contributed by atoms with Gasteiger partial charge in [0.2, 0.25) is 0 Å². The Balaban J connectivity index is 1.84. The maximum absolute atomic E-state index is 13.5. The van der Waals surface area contributed by atoms with Gasteiger partial charge in [0.05, 0.1) is 19.3 Å². The minimum Gasteiger partial charge on any atom is -0.394 e. The molecule has 0 amide bonds. The number of likely N-dealkylation sites (tertiary alicyclic amines) is 1. The first-order valence-corrected chi connectivity index (χ1v) is 6.58. The van der Waals surface area contributed by atoms with E-state index < -0.39 is 11.6 Å². The van der Waals surface area contributed by atoms with Crippen LogP contribution in [0.5, 0.6) is 0 Å². The van der Waals surface area contributed by atoms with Crippen molar-refractivity contribution < 1.29 is 18.6 Å². The molecule has 3 nitrogen and oxygen atoms in total. The summed E-state index contributed by atoms with van der Waals surface area (Å²) in [6.07, 6.45) is 1.88. The van der Waals surface area contributed by atoms with Gasteiger partial charge in [-0.1, -0.05) is 12.1 Å². The summed E-state index contributed by atoms with van der Waals surface area (Å²) >= 11 is 0. The number of nitrogens with zero attached hydrogens (tertiary/aromatic N) is 1. The quantitative estimate of drug-likeness (QED) is 0.888. The van der Waals surface area contributed by atoms with Crippen LogP contribution < -0.4 is 0 Å². The number of benzene rings is 1. The van der Waals surface area contributed by atoms with E-state index in [1.807, 2.05) is 0 Å². The molecule has 2 rings (SSSR count). The van der Waals surface area contributed by atoms with Crippen molar-refractivity contribution in [1.82, 2.24) is 4.90 Å². The molecule has 5 heteroatoms. The number of aliphatic hydroxyl groups is 1. The van der Waals surface area contributed by atoms with Gasteiger partial charge in [-0.25, -0.2) is 8.78 Å². The first-order valence-electron chi connectivity index (χ1n) is 6.58. The third kappa shape index (κ3) is 3.96. The summed E-state index contributed by atoms with van der Waals surface area (Å²) in [4.78, 5) is 2.09. The van der Waals surface area contributed by atoms with E-state index in [2.05, 4.69) is 4.90 Å². The molecule has 1 heterocycles. The van der Waals surface area contributed by atoms with Gasteiger partial charge in [-0.2, -0.15) is 0 Å². The largest absolute Gasteiger partial charge is 0.394 e. The lowest BCUT2D eigenvalue weighted by Crippen LogP contribution is -2.37. The van der Waals surface area contributed by atoms with Crippen molar-refractivity contribution in [2.45, 2.75) is 25.5 Å². The van der Waals surface area contributed by atoms with Crippen LogP contribution in [-0.2, 0) is 11.3 Å². The molecule has 106 valence electrons. The van der Waals surface area contributed by atoms with Crippen LogP contribution in [0.25, 0.3) is 0 Å². The Bertz CT molecular complexity index is 406. The predicted octanol–water partition coefficient (Wildman–Crippen LogP) is 1.94. The molecule has 1 saturated heterocycles. The normalized spacial score (nSPS) is 17.8. The first kappa shape index (κ1) is 14.4. The van der Waals surface area contributed by atoms with Crippen molar-refractivity contribution in [3.63, 3.8) is 0 Å². The topological polar surface area (TPSA) is 32.7 Å². The average molecular weight is 271 g/mol. The van der Waals surface area contributed by atoms with Crippen molar-refractivity contribution in [1.29, 1.82) is 0 Å². The predicted molar refractivity (Wildman–Crippen MR) is 67.7 cm³/mol. The second kappa shape index (κ2) is 6.93. The molecule has 19 heavy (non-hydrogen) atoms. The fourth-order valence-electron chi connectivity index (χ4n) is 2.36. The second-order valence-corrected chi connectivity index (χ2v) is 4.78. The lowest BCUT2D eigenvalue weighted by Gasteiger charge is -2.31. The Hall–Kier alpha value is -1.04. The number of piperidine rings is 1. The summed E-state index contributed by atoms with van der Waals surface area (Å²) in [5.41, 5.74) is 0.398. The summed E-state index contributed by atoms with van der Waals surface area (Å²) in [7, 11) is 0. The standard InChI is InChI=1S/C14H19F2NO2/c15-13-3-1-2-11(14(13)16)10-17-6-4-12(5-7-17)19-9-8-18/h1-3,12,18H,4-10H2. The van der Waals surface area contributed by atoms with Gasteiger partial charge in [-0.15, -0.1) is 0 Å². The Morgan fingerprint density at radius 3 is 2.68 bits per heavy atom. The molecule has 1 aromatic carbocycles. The third-order valence-electron chi connectivity index (χ3n) is 3.40. The number of hydrogen-bond acceptors (Lipinski definition) is 3. The average Bonchev–Trinajstić information content (AvgIpc) is 2.43. The van der Waals surface area contributed by atoms with Crippen LogP contribution in [0.15, 0.2) is 18.2 Å². The van der Waals surface area contributed by atoms with Gasteiger partial charge in [0.1, 0.15) is 0 Å². The van der Waals surface area contributed by atoms with Crippen LogP contribution >= 0.6 is 0 Å². The number of rotatable bonds is 5. The summed E-state index contributed by atoms with van der Waals surface area (Å²) in [5.74, 6) is -1.54. The fourth-order valence-corrected chi connectivity index (χ4v) is 2.36. The summed E-state index contributed by atoms with van der Waals surface area (Å²) in [6.45, 7) is 2.42. The Morgan fingerprint density at radius 2 is 2.00 bits per heavy atom. The van der Waals surface area contributed by atoms with E-state index in [4.69, 9.17) is 9.84 Å².